The molecule has 0 bridgehead atoms. The molecule has 1 amide bonds. The van der Waals surface area contributed by atoms with Crippen molar-refractivity contribution in [3.63, 3.8) is 0 Å². The van der Waals surface area contributed by atoms with Gasteiger partial charge in [-0.1, -0.05) is 18.2 Å². The number of sulfonamides is 1. The smallest absolute Gasteiger partial charge is 0.264 e. The summed E-state index contributed by atoms with van der Waals surface area (Å²) < 4.78 is 30.8. The van der Waals surface area contributed by atoms with E-state index in [9.17, 15) is 13.2 Å². The second kappa shape index (κ2) is 5.05. The van der Waals surface area contributed by atoms with Crippen molar-refractivity contribution < 1.29 is 17.9 Å². The van der Waals surface area contributed by atoms with Crippen molar-refractivity contribution in [2.24, 2.45) is 11.7 Å². The number of nitrogens with two attached hydrogens (primary N) is 1. The number of nitrogens with one attached hydrogen (secondary N) is 1. The van der Waals surface area contributed by atoms with Gasteiger partial charge in [0.15, 0.2) is 0 Å². The first kappa shape index (κ1) is 13.0. The highest BCUT2D eigenvalue weighted by Crippen LogP contribution is 2.14. The number of ether oxygens (including phenoxy) is 1. The van der Waals surface area contributed by atoms with Crippen LogP contribution in [0.25, 0.3) is 0 Å². The zero-order valence-electron chi connectivity index (χ0n) is 9.57. The Kier molecular flexibility index (Phi) is 3.65. The minimum absolute atomic E-state index is 0.0471. The summed E-state index contributed by atoms with van der Waals surface area (Å²) in [5, 5.41) is 0. The second-order valence-electron chi connectivity index (χ2n) is 4.09. The van der Waals surface area contributed by atoms with E-state index in [1.54, 1.807) is 18.2 Å². The van der Waals surface area contributed by atoms with Crippen LogP contribution in [0, 0.1) is 5.92 Å². The Morgan fingerprint density at radius 3 is 2.50 bits per heavy atom. The van der Waals surface area contributed by atoms with Gasteiger partial charge in [-0.2, -0.15) is 0 Å². The third kappa shape index (κ3) is 2.69. The molecule has 0 radical (unpaired) electrons. The number of rotatable bonds is 3. The number of benzene rings is 1. The fraction of sp³-hybridized carbons (Fsp3) is 0.364. The van der Waals surface area contributed by atoms with E-state index in [4.69, 9.17) is 10.5 Å². The molecule has 2 rings (SSSR count). The zero-order chi connectivity index (χ0) is 13.2. The Balaban J connectivity index is 2.12. The Bertz CT molecular complexity index is 529. The molecule has 3 N–H and O–H groups in total. The van der Waals surface area contributed by atoms with Gasteiger partial charge in [-0.25, -0.2) is 13.1 Å². The molecule has 0 saturated carbocycles. The van der Waals surface area contributed by atoms with Crippen molar-refractivity contribution in [2.45, 2.75) is 10.9 Å². The number of carbonyl (C=O) groups is 1. The monoisotopic (exact) mass is 270 g/mol. The molecule has 0 aromatic heterocycles. The summed E-state index contributed by atoms with van der Waals surface area (Å²) in [6.45, 7) is 0.417. The van der Waals surface area contributed by atoms with Crippen LogP contribution in [0.2, 0.25) is 0 Å². The topological polar surface area (TPSA) is 98.5 Å². The van der Waals surface area contributed by atoms with Crippen molar-refractivity contribution in [2.75, 3.05) is 13.2 Å². The first-order valence-corrected chi connectivity index (χ1v) is 6.94. The van der Waals surface area contributed by atoms with Crippen LogP contribution in [-0.2, 0) is 19.6 Å². The Labute approximate surface area is 105 Å². The summed E-state index contributed by atoms with van der Waals surface area (Å²) in [5.74, 6) is -1.24. The molecule has 1 heterocycles. The maximum Gasteiger partial charge on any atom is 0.264 e. The van der Waals surface area contributed by atoms with E-state index < -0.39 is 27.9 Å². The zero-order valence-corrected chi connectivity index (χ0v) is 10.4. The van der Waals surface area contributed by atoms with Gasteiger partial charge in [-0.05, 0) is 12.1 Å². The van der Waals surface area contributed by atoms with E-state index in [1.165, 1.54) is 12.1 Å². The van der Waals surface area contributed by atoms with Crippen molar-refractivity contribution in [3.8, 4) is 0 Å². The van der Waals surface area contributed by atoms with Gasteiger partial charge in [0.2, 0.25) is 5.91 Å². The maximum atomic E-state index is 11.9. The van der Waals surface area contributed by atoms with Gasteiger partial charge in [0, 0.05) is 6.04 Å². The van der Waals surface area contributed by atoms with Gasteiger partial charge in [0.05, 0.1) is 24.0 Å². The van der Waals surface area contributed by atoms with Crippen molar-refractivity contribution in [1.29, 1.82) is 0 Å². The average Bonchev–Trinajstić information content (AvgIpc) is 2.76. The Morgan fingerprint density at radius 2 is 1.94 bits per heavy atom. The standard InChI is InChI=1S/C11H14N2O4S/c12-10-7-17-6-9(10)11(14)13-18(15,16)8-4-2-1-3-5-8/h1-5,9-10H,6-7,12H2,(H,13,14). The lowest BCUT2D eigenvalue weighted by Crippen LogP contribution is -2.43. The fourth-order valence-electron chi connectivity index (χ4n) is 1.71. The number of hydrogen-bond acceptors (Lipinski definition) is 5. The normalized spacial score (nSPS) is 23.8. The van der Waals surface area contributed by atoms with Gasteiger partial charge in [0.1, 0.15) is 0 Å². The molecule has 2 atom stereocenters. The molecule has 18 heavy (non-hydrogen) atoms. The predicted octanol–water partition coefficient (Wildman–Crippen LogP) is -0.535. The predicted molar refractivity (Wildman–Crippen MR) is 64.1 cm³/mol. The van der Waals surface area contributed by atoms with Crippen LogP contribution in [0.5, 0.6) is 0 Å². The van der Waals surface area contributed by atoms with E-state index in [1.807, 2.05) is 4.72 Å². The largest absolute Gasteiger partial charge is 0.379 e. The van der Waals surface area contributed by atoms with Crippen molar-refractivity contribution >= 4 is 15.9 Å². The molecule has 1 aromatic carbocycles. The molecule has 6 nitrogen and oxygen atoms in total. The fourth-order valence-corrected chi connectivity index (χ4v) is 2.76. The third-order valence-corrected chi connectivity index (χ3v) is 4.11. The first-order valence-electron chi connectivity index (χ1n) is 5.46. The summed E-state index contributed by atoms with van der Waals surface area (Å²) in [6.07, 6.45) is 0. The Morgan fingerprint density at radius 1 is 1.28 bits per heavy atom. The molecule has 1 aromatic rings. The SMILES string of the molecule is NC1COCC1C(=O)NS(=O)(=O)c1ccccc1. The van der Waals surface area contributed by atoms with Gasteiger partial charge in [-0.15, -0.1) is 0 Å². The molecular weight excluding hydrogens is 256 g/mol. The summed E-state index contributed by atoms with van der Waals surface area (Å²) in [5.41, 5.74) is 5.66. The van der Waals surface area contributed by atoms with Crippen LogP contribution in [0.4, 0.5) is 0 Å². The molecule has 2 unspecified atom stereocenters. The number of hydrogen-bond donors (Lipinski definition) is 2. The molecule has 0 aliphatic carbocycles. The third-order valence-electron chi connectivity index (χ3n) is 2.75. The molecule has 7 heteroatoms. The molecule has 1 aliphatic heterocycles. The second-order valence-corrected chi connectivity index (χ2v) is 5.77. The van der Waals surface area contributed by atoms with E-state index >= 15 is 0 Å². The van der Waals surface area contributed by atoms with Gasteiger partial charge in [-0.3, -0.25) is 4.79 Å². The van der Waals surface area contributed by atoms with E-state index in [0.29, 0.717) is 0 Å². The van der Waals surface area contributed by atoms with E-state index in [0.717, 1.165) is 0 Å². The van der Waals surface area contributed by atoms with E-state index in [2.05, 4.69) is 0 Å². The molecule has 1 fully saturated rings. The summed E-state index contributed by atoms with van der Waals surface area (Å²) in [4.78, 5) is 11.8. The van der Waals surface area contributed by atoms with Crippen LogP contribution in [-0.4, -0.2) is 33.6 Å². The van der Waals surface area contributed by atoms with Crippen LogP contribution in [0.1, 0.15) is 0 Å². The first-order chi connectivity index (χ1) is 8.50. The van der Waals surface area contributed by atoms with Gasteiger partial charge >= 0.3 is 0 Å². The summed E-state index contributed by atoms with van der Waals surface area (Å²) in [7, 11) is -3.83. The van der Waals surface area contributed by atoms with Crippen LogP contribution in [0.3, 0.4) is 0 Å². The van der Waals surface area contributed by atoms with Gasteiger partial charge < -0.3 is 10.5 Å². The number of carbonyl (C=O) groups excluding carboxylic acids is 1. The lowest BCUT2D eigenvalue weighted by atomic mass is 10.1. The highest BCUT2D eigenvalue weighted by Gasteiger charge is 2.33. The molecule has 1 saturated heterocycles. The highest BCUT2D eigenvalue weighted by molar-refractivity contribution is 7.90. The van der Waals surface area contributed by atoms with Crippen molar-refractivity contribution in [3.05, 3.63) is 30.3 Å². The Hall–Kier alpha value is -1.44. The minimum atomic E-state index is -3.83. The van der Waals surface area contributed by atoms with Crippen LogP contribution < -0.4 is 10.5 Å². The highest BCUT2D eigenvalue weighted by atomic mass is 32.2. The molecule has 98 valence electrons. The van der Waals surface area contributed by atoms with Crippen LogP contribution in [0.15, 0.2) is 35.2 Å². The molecular formula is C11H14N2O4S. The van der Waals surface area contributed by atoms with Crippen LogP contribution >= 0.6 is 0 Å². The lowest BCUT2D eigenvalue weighted by molar-refractivity contribution is -0.123. The summed E-state index contributed by atoms with van der Waals surface area (Å²) in [6, 6.07) is 7.24. The number of amides is 1. The lowest BCUT2D eigenvalue weighted by Gasteiger charge is -2.13. The molecule has 0 spiro atoms. The van der Waals surface area contributed by atoms with Gasteiger partial charge in [0.25, 0.3) is 10.0 Å². The quantitative estimate of drug-likeness (QED) is 0.769. The summed E-state index contributed by atoms with van der Waals surface area (Å²) >= 11 is 0. The maximum absolute atomic E-state index is 11.9. The van der Waals surface area contributed by atoms with E-state index in [-0.39, 0.29) is 18.1 Å². The minimum Gasteiger partial charge on any atom is -0.379 e. The van der Waals surface area contributed by atoms with Crippen molar-refractivity contribution in [1.82, 2.24) is 4.72 Å². The molecule has 1 aliphatic rings. The average molecular weight is 270 g/mol.